The SMILES string of the molecule is CC(=O)c1ccc(N2C(=O)[C@@H]3[C@H]4C[C@@H]([C@H]5ON=C(c6ccc(C)cc6)[C@@H]45)[C@H]3C2=O)cc1. The van der Waals surface area contributed by atoms with Crippen molar-refractivity contribution in [1.29, 1.82) is 0 Å². The zero-order chi connectivity index (χ0) is 21.4. The molecule has 6 nitrogen and oxygen atoms in total. The van der Waals surface area contributed by atoms with Crippen molar-refractivity contribution in [3.05, 3.63) is 65.2 Å². The zero-order valence-corrected chi connectivity index (χ0v) is 17.3. The third-order valence-corrected chi connectivity index (χ3v) is 7.57. The van der Waals surface area contributed by atoms with Crippen LogP contribution in [-0.4, -0.2) is 29.4 Å². The predicted octanol–water partition coefficient (Wildman–Crippen LogP) is 3.37. The third kappa shape index (κ3) is 2.44. The van der Waals surface area contributed by atoms with E-state index in [1.807, 2.05) is 19.1 Å². The molecule has 2 aromatic rings. The van der Waals surface area contributed by atoms with Gasteiger partial charge in [-0.15, -0.1) is 0 Å². The quantitative estimate of drug-likeness (QED) is 0.570. The van der Waals surface area contributed by atoms with Crippen LogP contribution < -0.4 is 4.90 Å². The summed E-state index contributed by atoms with van der Waals surface area (Å²) < 4.78 is 0. The van der Waals surface area contributed by atoms with Crippen molar-refractivity contribution in [2.75, 3.05) is 4.90 Å². The Morgan fingerprint density at radius 1 is 0.935 bits per heavy atom. The average molecular weight is 414 g/mol. The summed E-state index contributed by atoms with van der Waals surface area (Å²) in [4.78, 5) is 45.5. The number of fused-ring (bicyclic) bond motifs is 8. The smallest absolute Gasteiger partial charge is 0.238 e. The first-order valence-electron chi connectivity index (χ1n) is 10.8. The lowest BCUT2D eigenvalue weighted by molar-refractivity contribution is -0.125. The number of carbonyl (C=O) groups excluding carboxylic acids is 3. The molecule has 2 amide bonds. The zero-order valence-electron chi connectivity index (χ0n) is 17.3. The van der Waals surface area contributed by atoms with E-state index >= 15 is 0 Å². The fraction of sp³-hybridized carbons (Fsp3) is 0.360. The van der Waals surface area contributed by atoms with Gasteiger partial charge >= 0.3 is 0 Å². The van der Waals surface area contributed by atoms with Crippen LogP contribution in [0.1, 0.15) is 34.8 Å². The Morgan fingerprint density at radius 3 is 2.23 bits per heavy atom. The largest absolute Gasteiger partial charge is 0.391 e. The van der Waals surface area contributed by atoms with Crippen LogP contribution in [-0.2, 0) is 14.4 Å². The molecule has 2 aliphatic heterocycles. The minimum Gasteiger partial charge on any atom is -0.391 e. The van der Waals surface area contributed by atoms with Crippen LogP contribution >= 0.6 is 0 Å². The van der Waals surface area contributed by atoms with Crippen molar-refractivity contribution in [2.24, 2.45) is 34.7 Å². The fourth-order valence-electron chi connectivity index (χ4n) is 6.19. The number of imide groups is 1. The molecule has 0 N–H and O–H groups in total. The van der Waals surface area contributed by atoms with E-state index in [0.717, 1.165) is 17.7 Å². The number of anilines is 1. The number of ketones is 1. The molecule has 31 heavy (non-hydrogen) atoms. The minimum atomic E-state index is -0.348. The molecule has 2 saturated carbocycles. The summed E-state index contributed by atoms with van der Waals surface area (Å²) in [6.45, 7) is 3.54. The predicted molar refractivity (Wildman–Crippen MR) is 114 cm³/mol. The van der Waals surface area contributed by atoms with Crippen LogP contribution in [0.25, 0.3) is 0 Å². The van der Waals surface area contributed by atoms with Crippen molar-refractivity contribution in [3.8, 4) is 0 Å². The van der Waals surface area contributed by atoms with Gasteiger partial charge in [0.25, 0.3) is 0 Å². The van der Waals surface area contributed by atoms with Crippen LogP contribution in [0, 0.1) is 36.5 Å². The summed E-state index contributed by atoms with van der Waals surface area (Å²) in [5, 5.41) is 4.39. The normalized spacial score (nSPS) is 32.7. The highest BCUT2D eigenvalue weighted by atomic mass is 16.6. The molecular weight excluding hydrogens is 392 g/mol. The first-order chi connectivity index (χ1) is 15.0. The first-order valence-corrected chi connectivity index (χ1v) is 10.8. The molecule has 3 fully saturated rings. The lowest BCUT2D eigenvalue weighted by atomic mass is 9.71. The van der Waals surface area contributed by atoms with Crippen molar-refractivity contribution in [1.82, 2.24) is 0 Å². The van der Waals surface area contributed by atoms with Gasteiger partial charge in [0.15, 0.2) is 5.78 Å². The molecule has 4 aliphatic rings. The number of rotatable bonds is 3. The maximum Gasteiger partial charge on any atom is 0.238 e. The molecule has 0 unspecified atom stereocenters. The Balaban J connectivity index is 1.32. The lowest BCUT2D eigenvalue weighted by Crippen LogP contribution is -2.41. The number of nitrogens with zero attached hydrogens (tertiary/aromatic N) is 2. The van der Waals surface area contributed by atoms with Crippen LogP contribution in [0.4, 0.5) is 5.69 Å². The Morgan fingerprint density at radius 2 is 1.58 bits per heavy atom. The highest BCUT2D eigenvalue weighted by Gasteiger charge is 2.70. The maximum atomic E-state index is 13.4. The summed E-state index contributed by atoms with van der Waals surface area (Å²) >= 11 is 0. The molecule has 2 bridgehead atoms. The highest BCUT2D eigenvalue weighted by molar-refractivity contribution is 6.23. The Bertz CT molecular complexity index is 1150. The fourth-order valence-corrected chi connectivity index (χ4v) is 6.19. The first kappa shape index (κ1) is 18.5. The molecule has 0 radical (unpaired) electrons. The second-order valence-corrected chi connectivity index (χ2v) is 9.17. The van der Waals surface area contributed by atoms with E-state index in [4.69, 9.17) is 4.84 Å². The average Bonchev–Trinajstić information content (AvgIpc) is 3.49. The van der Waals surface area contributed by atoms with Gasteiger partial charge in [0.2, 0.25) is 11.8 Å². The Hall–Kier alpha value is -3.28. The molecule has 6 heteroatoms. The molecule has 2 heterocycles. The number of aryl methyl sites for hydroxylation is 1. The molecule has 0 aromatic heterocycles. The molecular formula is C25H22N2O4. The third-order valence-electron chi connectivity index (χ3n) is 7.57. The van der Waals surface area contributed by atoms with Crippen molar-refractivity contribution >= 4 is 29.0 Å². The second-order valence-electron chi connectivity index (χ2n) is 9.17. The van der Waals surface area contributed by atoms with Gasteiger partial charge in [-0.2, -0.15) is 0 Å². The Labute approximate surface area is 179 Å². The van der Waals surface area contributed by atoms with E-state index in [0.29, 0.717) is 11.3 Å². The van der Waals surface area contributed by atoms with Gasteiger partial charge in [0, 0.05) is 17.4 Å². The molecule has 6 atom stereocenters. The second kappa shape index (κ2) is 6.36. The van der Waals surface area contributed by atoms with Crippen LogP contribution in [0.15, 0.2) is 53.7 Å². The standard InChI is InChI=1S/C25H22N2O4/c1-12-3-5-15(6-4-12)22-21-17-11-18(23(21)31-26-22)20-19(17)24(29)27(25(20)30)16-9-7-14(8-10-16)13(2)28/h3-10,17-21,23H,11H2,1-2H3/t17-,18-,19-,20-,21-,23-/m1/s1. The van der Waals surface area contributed by atoms with Gasteiger partial charge in [0.05, 0.1) is 23.2 Å². The van der Waals surface area contributed by atoms with Gasteiger partial charge in [0.1, 0.15) is 6.10 Å². The van der Waals surface area contributed by atoms with Gasteiger partial charge in [-0.25, -0.2) is 0 Å². The topological polar surface area (TPSA) is 76.0 Å². The van der Waals surface area contributed by atoms with Crippen molar-refractivity contribution in [2.45, 2.75) is 26.4 Å². The van der Waals surface area contributed by atoms with Crippen LogP contribution in [0.5, 0.6) is 0 Å². The van der Waals surface area contributed by atoms with Gasteiger partial charge in [-0.3, -0.25) is 19.3 Å². The summed E-state index contributed by atoms with van der Waals surface area (Å²) in [6, 6.07) is 14.9. The number of hydrogen-bond acceptors (Lipinski definition) is 5. The van der Waals surface area contributed by atoms with Crippen LogP contribution in [0.2, 0.25) is 0 Å². The molecule has 2 aliphatic carbocycles. The minimum absolute atomic E-state index is 0.00430. The lowest BCUT2D eigenvalue weighted by Gasteiger charge is -2.29. The highest BCUT2D eigenvalue weighted by Crippen LogP contribution is 2.62. The number of Topliss-reactive ketones (excluding diaryl/α,β-unsaturated/α-hetero) is 1. The number of carbonyl (C=O) groups is 3. The van der Waals surface area contributed by atoms with E-state index in [1.165, 1.54) is 17.4 Å². The molecule has 2 aromatic carbocycles. The van der Waals surface area contributed by atoms with Crippen molar-refractivity contribution < 1.29 is 19.2 Å². The summed E-state index contributed by atoms with van der Waals surface area (Å²) in [5.74, 6) is -0.901. The van der Waals surface area contributed by atoms with Gasteiger partial charge in [-0.1, -0.05) is 35.0 Å². The van der Waals surface area contributed by atoms with Gasteiger partial charge in [-0.05, 0) is 56.0 Å². The van der Waals surface area contributed by atoms with E-state index in [-0.39, 0.29) is 53.3 Å². The Kier molecular flexibility index (Phi) is 3.79. The van der Waals surface area contributed by atoms with E-state index in [1.54, 1.807) is 24.3 Å². The summed E-state index contributed by atoms with van der Waals surface area (Å²) in [7, 11) is 0. The summed E-state index contributed by atoms with van der Waals surface area (Å²) in [6.07, 6.45) is 0.684. The monoisotopic (exact) mass is 414 g/mol. The number of oxime groups is 1. The number of benzene rings is 2. The summed E-state index contributed by atoms with van der Waals surface area (Å²) in [5.41, 5.74) is 4.20. The maximum absolute atomic E-state index is 13.4. The van der Waals surface area contributed by atoms with E-state index < -0.39 is 0 Å². The number of amides is 2. The molecule has 1 saturated heterocycles. The van der Waals surface area contributed by atoms with Crippen molar-refractivity contribution in [3.63, 3.8) is 0 Å². The number of hydrogen-bond donors (Lipinski definition) is 0. The molecule has 156 valence electrons. The van der Waals surface area contributed by atoms with Gasteiger partial charge < -0.3 is 4.84 Å². The molecule has 6 rings (SSSR count). The van der Waals surface area contributed by atoms with Crippen LogP contribution in [0.3, 0.4) is 0 Å². The molecule has 0 spiro atoms. The van der Waals surface area contributed by atoms with E-state index in [9.17, 15) is 14.4 Å². The van der Waals surface area contributed by atoms with E-state index in [2.05, 4.69) is 17.3 Å².